The molecule has 0 radical (unpaired) electrons. The first kappa shape index (κ1) is 16.8. The molecule has 0 atom stereocenters. The summed E-state index contributed by atoms with van der Waals surface area (Å²) < 4.78 is 32.1. The Morgan fingerprint density at radius 1 is 1.22 bits per heavy atom. The van der Waals surface area contributed by atoms with Gasteiger partial charge in [-0.3, -0.25) is 9.59 Å². The Labute approximate surface area is 133 Å². The highest BCUT2D eigenvalue weighted by molar-refractivity contribution is 7.90. The minimum absolute atomic E-state index is 0.0190. The van der Waals surface area contributed by atoms with E-state index in [0.717, 1.165) is 10.1 Å². The molecule has 8 heteroatoms. The lowest BCUT2D eigenvalue weighted by atomic mass is 10.2. The van der Waals surface area contributed by atoms with Crippen LogP contribution in [0.15, 0.2) is 52.3 Å². The van der Waals surface area contributed by atoms with Crippen molar-refractivity contribution in [2.45, 2.75) is 18.4 Å². The van der Waals surface area contributed by atoms with E-state index in [9.17, 15) is 18.0 Å². The summed E-state index contributed by atoms with van der Waals surface area (Å²) in [5, 5.41) is 0. The Morgan fingerprint density at radius 3 is 2.48 bits per heavy atom. The molecule has 0 saturated carbocycles. The van der Waals surface area contributed by atoms with E-state index in [-0.39, 0.29) is 10.6 Å². The second-order valence-electron chi connectivity index (χ2n) is 4.85. The number of benzene rings is 1. The largest absolute Gasteiger partial charge is 0.491 e. The van der Waals surface area contributed by atoms with E-state index >= 15 is 0 Å². The summed E-state index contributed by atoms with van der Waals surface area (Å²) in [4.78, 5) is 23.8. The Hall–Kier alpha value is -2.61. The summed E-state index contributed by atoms with van der Waals surface area (Å²) in [6.45, 7) is 1.39. The normalized spacial score (nSPS) is 11.0. The number of nitrogens with one attached hydrogen (secondary N) is 1. The lowest BCUT2D eigenvalue weighted by Gasteiger charge is -2.09. The van der Waals surface area contributed by atoms with Gasteiger partial charge in [-0.15, -0.1) is 0 Å². The van der Waals surface area contributed by atoms with Crippen LogP contribution in [-0.4, -0.2) is 26.0 Å². The van der Waals surface area contributed by atoms with E-state index < -0.39 is 28.0 Å². The molecule has 122 valence electrons. The van der Waals surface area contributed by atoms with Crippen molar-refractivity contribution in [3.63, 3.8) is 0 Å². The van der Waals surface area contributed by atoms with Gasteiger partial charge in [-0.2, -0.15) is 0 Å². The van der Waals surface area contributed by atoms with Gasteiger partial charge in [0.1, 0.15) is 6.54 Å². The SMILES string of the molecule is COc1cccn(CC(=O)NS(=O)(=O)c2ccc(C)cc2)c1=O. The van der Waals surface area contributed by atoms with Crippen LogP contribution in [0.5, 0.6) is 5.75 Å². The Bertz CT molecular complexity index is 869. The fourth-order valence-corrected chi connectivity index (χ4v) is 2.88. The predicted molar refractivity (Wildman–Crippen MR) is 83.8 cm³/mol. The highest BCUT2D eigenvalue weighted by Crippen LogP contribution is 2.09. The van der Waals surface area contributed by atoms with Gasteiger partial charge in [-0.05, 0) is 31.2 Å². The van der Waals surface area contributed by atoms with Crippen LogP contribution in [0.2, 0.25) is 0 Å². The van der Waals surface area contributed by atoms with Crippen LogP contribution in [0.3, 0.4) is 0 Å². The van der Waals surface area contributed by atoms with Crippen molar-refractivity contribution < 1.29 is 17.9 Å². The van der Waals surface area contributed by atoms with E-state index in [1.807, 2.05) is 11.6 Å². The average Bonchev–Trinajstić information content (AvgIpc) is 2.49. The van der Waals surface area contributed by atoms with Gasteiger partial charge >= 0.3 is 0 Å². The van der Waals surface area contributed by atoms with E-state index in [4.69, 9.17) is 4.74 Å². The minimum atomic E-state index is -3.97. The maximum atomic E-state index is 12.1. The predicted octanol–water partition coefficient (Wildman–Crippen LogP) is 0.670. The van der Waals surface area contributed by atoms with Gasteiger partial charge in [0, 0.05) is 6.20 Å². The van der Waals surface area contributed by atoms with Crippen LogP contribution in [0.4, 0.5) is 0 Å². The number of pyridine rings is 1. The van der Waals surface area contributed by atoms with Crippen molar-refractivity contribution in [2.24, 2.45) is 0 Å². The van der Waals surface area contributed by atoms with E-state index in [1.165, 1.54) is 37.6 Å². The zero-order valence-electron chi connectivity index (χ0n) is 12.6. The van der Waals surface area contributed by atoms with Gasteiger partial charge in [-0.1, -0.05) is 17.7 Å². The molecule has 1 heterocycles. The lowest BCUT2D eigenvalue weighted by molar-refractivity contribution is -0.119. The third-order valence-corrected chi connectivity index (χ3v) is 4.49. The number of carbonyl (C=O) groups is 1. The fourth-order valence-electron chi connectivity index (χ4n) is 1.91. The summed E-state index contributed by atoms with van der Waals surface area (Å²) in [6, 6.07) is 9.06. The summed E-state index contributed by atoms with van der Waals surface area (Å²) in [5.41, 5.74) is 0.385. The molecule has 0 saturated heterocycles. The van der Waals surface area contributed by atoms with Gasteiger partial charge in [0.05, 0.1) is 12.0 Å². The molecule has 1 aromatic heterocycles. The maximum Gasteiger partial charge on any atom is 0.293 e. The number of carbonyl (C=O) groups excluding carboxylic acids is 1. The number of methoxy groups -OCH3 is 1. The lowest BCUT2D eigenvalue weighted by Crippen LogP contribution is -2.36. The smallest absolute Gasteiger partial charge is 0.293 e. The summed E-state index contributed by atoms with van der Waals surface area (Å²) in [6.07, 6.45) is 1.38. The summed E-state index contributed by atoms with van der Waals surface area (Å²) in [5.74, 6) is -0.748. The molecule has 7 nitrogen and oxygen atoms in total. The number of rotatable bonds is 5. The molecular formula is C15H16N2O5S. The third kappa shape index (κ3) is 3.98. The Balaban J connectivity index is 2.16. The number of hydrogen-bond acceptors (Lipinski definition) is 5. The molecule has 2 aromatic rings. The maximum absolute atomic E-state index is 12.1. The van der Waals surface area contributed by atoms with Gasteiger partial charge in [-0.25, -0.2) is 13.1 Å². The topological polar surface area (TPSA) is 94.5 Å². The Morgan fingerprint density at radius 2 is 1.87 bits per heavy atom. The molecule has 0 unspecified atom stereocenters. The molecule has 2 rings (SSSR count). The van der Waals surface area contributed by atoms with E-state index in [1.54, 1.807) is 12.1 Å². The van der Waals surface area contributed by atoms with Crippen LogP contribution >= 0.6 is 0 Å². The van der Waals surface area contributed by atoms with Crippen molar-refractivity contribution in [1.29, 1.82) is 0 Å². The molecule has 0 aliphatic heterocycles. The molecule has 0 fully saturated rings. The van der Waals surface area contributed by atoms with Crippen molar-refractivity contribution in [2.75, 3.05) is 7.11 Å². The van der Waals surface area contributed by atoms with E-state index in [0.29, 0.717) is 0 Å². The molecule has 23 heavy (non-hydrogen) atoms. The average molecular weight is 336 g/mol. The van der Waals surface area contributed by atoms with Crippen LogP contribution in [-0.2, 0) is 21.4 Å². The molecule has 0 bridgehead atoms. The fraction of sp³-hybridized carbons (Fsp3) is 0.200. The molecule has 0 spiro atoms. The van der Waals surface area contributed by atoms with Crippen molar-refractivity contribution in [3.8, 4) is 5.75 Å². The zero-order valence-corrected chi connectivity index (χ0v) is 13.5. The van der Waals surface area contributed by atoms with Crippen molar-refractivity contribution in [1.82, 2.24) is 9.29 Å². The van der Waals surface area contributed by atoms with Gasteiger partial charge in [0.15, 0.2) is 5.75 Å². The number of aryl methyl sites for hydroxylation is 1. The van der Waals surface area contributed by atoms with Crippen LogP contribution < -0.4 is 15.0 Å². The number of amides is 1. The summed E-state index contributed by atoms with van der Waals surface area (Å²) >= 11 is 0. The number of aromatic nitrogens is 1. The Kier molecular flexibility index (Phi) is 4.85. The van der Waals surface area contributed by atoms with Crippen molar-refractivity contribution in [3.05, 3.63) is 58.5 Å². The minimum Gasteiger partial charge on any atom is -0.491 e. The third-order valence-electron chi connectivity index (χ3n) is 3.10. The van der Waals surface area contributed by atoms with E-state index in [2.05, 4.69) is 0 Å². The highest BCUT2D eigenvalue weighted by Gasteiger charge is 2.18. The number of hydrogen-bond donors (Lipinski definition) is 1. The first-order chi connectivity index (χ1) is 10.8. The number of sulfonamides is 1. The van der Waals surface area contributed by atoms with Gasteiger partial charge in [0.25, 0.3) is 21.5 Å². The molecule has 0 aliphatic rings. The summed E-state index contributed by atoms with van der Waals surface area (Å²) in [7, 11) is -2.63. The number of ether oxygens (including phenoxy) is 1. The monoisotopic (exact) mass is 336 g/mol. The van der Waals surface area contributed by atoms with Gasteiger partial charge < -0.3 is 9.30 Å². The van der Waals surface area contributed by atoms with Gasteiger partial charge in [0.2, 0.25) is 0 Å². The second kappa shape index (κ2) is 6.66. The standard InChI is InChI=1S/C15H16N2O5S/c1-11-5-7-12(8-6-11)23(20,21)16-14(18)10-17-9-3-4-13(22-2)15(17)19/h3-9H,10H2,1-2H3,(H,16,18). The molecule has 1 amide bonds. The number of nitrogens with zero attached hydrogens (tertiary/aromatic N) is 1. The molecule has 1 aromatic carbocycles. The van der Waals surface area contributed by atoms with Crippen LogP contribution in [0.1, 0.15) is 5.56 Å². The zero-order chi connectivity index (χ0) is 17.0. The van der Waals surface area contributed by atoms with Crippen LogP contribution in [0.25, 0.3) is 0 Å². The first-order valence-electron chi connectivity index (χ1n) is 6.69. The first-order valence-corrected chi connectivity index (χ1v) is 8.17. The molecular weight excluding hydrogens is 320 g/mol. The quantitative estimate of drug-likeness (QED) is 0.866. The molecule has 1 N–H and O–H groups in total. The molecule has 0 aliphatic carbocycles. The second-order valence-corrected chi connectivity index (χ2v) is 6.53. The highest BCUT2D eigenvalue weighted by atomic mass is 32.2. The van der Waals surface area contributed by atoms with Crippen molar-refractivity contribution >= 4 is 15.9 Å². The van der Waals surface area contributed by atoms with Crippen LogP contribution in [0, 0.1) is 6.92 Å².